The number of benzene rings is 1. The lowest BCUT2D eigenvalue weighted by molar-refractivity contribution is -0.151. The van der Waals surface area contributed by atoms with Gasteiger partial charge in [-0.05, 0) is 56.0 Å². The summed E-state index contributed by atoms with van der Waals surface area (Å²) in [5.74, 6) is 2.00. The second-order valence-electron chi connectivity index (χ2n) is 8.48. The molecular weight excluding hydrogens is 364 g/mol. The zero-order valence-corrected chi connectivity index (χ0v) is 17.7. The molecule has 1 saturated heterocycles. The largest absolute Gasteiger partial charge is 0.493 e. The quantitative estimate of drug-likeness (QED) is 0.802. The molecule has 2 aliphatic rings. The first-order chi connectivity index (χ1) is 14.0. The van der Waals surface area contributed by atoms with Gasteiger partial charge in [-0.15, -0.1) is 0 Å². The Hall–Kier alpha value is -2.11. The summed E-state index contributed by atoms with van der Waals surface area (Å²) in [4.78, 5) is 7.10. The lowest BCUT2D eigenvalue weighted by Crippen LogP contribution is -2.58. The Labute approximate surface area is 173 Å². The summed E-state index contributed by atoms with van der Waals surface area (Å²) in [6.45, 7) is 7.27. The lowest BCUT2D eigenvalue weighted by Gasteiger charge is -2.52. The van der Waals surface area contributed by atoms with Crippen molar-refractivity contribution in [3.63, 3.8) is 0 Å². The molecule has 1 saturated carbocycles. The molecule has 5 heteroatoms. The van der Waals surface area contributed by atoms with Gasteiger partial charge in [0.25, 0.3) is 0 Å². The van der Waals surface area contributed by atoms with Crippen molar-refractivity contribution < 1.29 is 14.6 Å². The van der Waals surface area contributed by atoms with Crippen molar-refractivity contribution >= 4 is 0 Å². The first kappa shape index (κ1) is 20.2. The molecule has 1 aliphatic heterocycles. The fourth-order valence-electron chi connectivity index (χ4n) is 5.14. The second-order valence-corrected chi connectivity index (χ2v) is 8.48. The topological polar surface area (TPSA) is 54.8 Å². The number of methoxy groups -OCH3 is 1. The Balaban J connectivity index is 1.53. The molecule has 2 unspecified atom stereocenters. The van der Waals surface area contributed by atoms with Crippen LogP contribution in [0.5, 0.6) is 11.5 Å². The van der Waals surface area contributed by atoms with Crippen molar-refractivity contribution in [2.75, 3.05) is 26.8 Å². The van der Waals surface area contributed by atoms with Gasteiger partial charge in [-0.2, -0.15) is 0 Å². The van der Waals surface area contributed by atoms with Gasteiger partial charge in [0.1, 0.15) is 5.60 Å². The van der Waals surface area contributed by atoms with Crippen LogP contribution in [0, 0.1) is 18.8 Å². The summed E-state index contributed by atoms with van der Waals surface area (Å²) < 4.78 is 11.2. The number of aryl methyl sites for hydroxylation is 1. The minimum Gasteiger partial charge on any atom is -0.493 e. The summed E-state index contributed by atoms with van der Waals surface area (Å²) >= 11 is 0. The molecule has 2 heterocycles. The molecule has 29 heavy (non-hydrogen) atoms. The van der Waals surface area contributed by atoms with Crippen LogP contribution >= 0.6 is 0 Å². The first-order valence-electron chi connectivity index (χ1n) is 10.7. The summed E-state index contributed by atoms with van der Waals surface area (Å²) in [6.07, 6.45) is 5.16. The summed E-state index contributed by atoms with van der Waals surface area (Å²) in [5, 5.41) is 11.8. The number of hydrogen-bond donors (Lipinski definition) is 1. The van der Waals surface area contributed by atoms with E-state index >= 15 is 0 Å². The summed E-state index contributed by atoms with van der Waals surface area (Å²) in [5.41, 5.74) is 2.38. The average molecular weight is 397 g/mol. The molecule has 2 aromatic rings. The van der Waals surface area contributed by atoms with Crippen LogP contribution in [-0.2, 0) is 12.1 Å². The fourth-order valence-corrected chi connectivity index (χ4v) is 5.14. The van der Waals surface area contributed by atoms with Crippen LogP contribution in [0.1, 0.15) is 43.0 Å². The Morgan fingerprint density at radius 1 is 1.14 bits per heavy atom. The Morgan fingerprint density at radius 2 is 1.90 bits per heavy atom. The Kier molecular flexibility index (Phi) is 5.79. The van der Waals surface area contributed by atoms with E-state index in [1.165, 1.54) is 12.0 Å². The number of rotatable bonds is 6. The van der Waals surface area contributed by atoms with Crippen LogP contribution in [0.3, 0.4) is 0 Å². The Bertz CT molecular complexity index is 823. The normalized spacial score (nSPS) is 26.9. The van der Waals surface area contributed by atoms with Crippen LogP contribution < -0.4 is 9.47 Å². The van der Waals surface area contributed by atoms with E-state index in [2.05, 4.69) is 28.1 Å². The first-order valence-corrected chi connectivity index (χ1v) is 10.7. The van der Waals surface area contributed by atoms with E-state index < -0.39 is 5.60 Å². The molecule has 156 valence electrons. The van der Waals surface area contributed by atoms with E-state index in [9.17, 15) is 5.11 Å². The van der Waals surface area contributed by atoms with Gasteiger partial charge in [-0.3, -0.25) is 9.88 Å². The van der Waals surface area contributed by atoms with E-state index in [4.69, 9.17) is 9.47 Å². The van der Waals surface area contributed by atoms with E-state index in [1.54, 1.807) is 7.11 Å². The van der Waals surface area contributed by atoms with Gasteiger partial charge in [-0.1, -0.05) is 18.6 Å². The van der Waals surface area contributed by atoms with Crippen molar-refractivity contribution in [2.45, 2.75) is 45.3 Å². The third-order valence-electron chi connectivity index (χ3n) is 6.56. The number of ether oxygens (including phenoxy) is 2. The third-order valence-corrected chi connectivity index (χ3v) is 6.56. The molecule has 4 rings (SSSR count). The SMILES string of the molecule is CCOc1cc(CN2CC3CCCC(C2)C3(O)c2ccc(C)cn2)ccc1OC. The van der Waals surface area contributed by atoms with Gasteiger partial charge < -0.3 is 14.6 Å². The maximum atomic E-state index is 11.8. The molecule has 5 nitrogen and oxygen atoms in total. The third kappa shape index (κ3) is 3.86. The van der Waals surface area contributed by atoms with Gasteiger partial charge in [0, 0.05) is 37.7 Å². The predicted molar refractivity (Wildman–Crippen MR) is 113 cm³/mol. The highest BCUT2D eigenvalue weighted by molar-refractivity contribution is 5.43. The molecule has 1 aliphatic carbocycles. The predicted octanol–water partition coefficient (Wildman–Crippen LogP) is 3.92. The molecule has 0 radical (unpaired) electrons. The van der Waals surface area contributed by atoms with Crippen LogP contribution in [0.25, 0.3) is 0 Å². The minimum absolute atomic E-state index is 0.217. The molecule has 1 aromatic heterocycles. The van der Waals surface area contributed by atoms with Crippen LogP contribution in [0.15, 0.2) is 36.5 Å². The van der Waals surface area contributed by atoms with E-state index in [-0.39, 0.29) is 11.8 Å². The highest BCUT2D eigenvalue weighted by atomic mass is 16.5. The maximum absolute atomic E-state index is 11.8. The molecule has 0 spiro atoms. The number of aromatic nitrogens is 1. The van der Waals surface area contributed by atoms with Gasteiger partial charge >= 0.3 is 0 Å². The standard InChI is InChI=1S/C24H32N2O3/c1-4-29-22-12-18(9-10-21(22)28-3)14-26-15-19-6-5-7-20(16-26)24(19,27)23-11-8-17(2)13-25-23/h8-13,19-20,27H,4-7,14-16H2,1-3H3. The van der Waals surface area contributed by atoms with Crippen LogP contribution in [-0.4, -0.2) is 41.8 Å². The van der Waals surface area contributed by atoms with Crippen LogP contribution in [0.4, 0.5) is 0 Å². The van der Waals surface area contributed by atoms with Crippen molar-refractivity contribution in [3.05, 3.63) is 53.3 Å². The van der Waals surface area contributed by atoms with Crippen molar-refractivity contribution in [1.82, 2.24) is 9.88 Å². The van der Waals surface area contributed by atoms with Gasteiger partial charge in [-0.25, -0.2) is 0 Å². The van der Waals surface area contributed by atoms with Crippen molar-refractivity contribution in [1.29, 1.82) is 0 Å². The number of fused-ring (bicyclic) bond motifs is 2. The zero-order valence-electron chi connectivity index (χ0n) is 17.7. The number of aliphatic hydroxyl groups is 1. The maximum Gasteiger partial charge on any atom is 0.161 e. The lowest BCUT2D eigenvalue weighted by atomic mass is 9.64. The van der Waals surface area contributed by atoms with E-state index in [0.717, 1.165) is 55.2 Å². The fraction of sp³-hybridized carbons (Fsp3) is 0.542. The second kappa shape index (κ2) is 8.33. The van der Waals surface area contributed by atoms with E-state index in [1.807, 2.05) is 32.2 Å². The highest BCUT2D eigenvalue weighted by Crippen LogP contribution is 2.48. The molecular formula is C24H32N2O3. The van der Waals surface area contributed by atoms with Crippen molar-refractivity contribution in [3.8, 4) is 11.5 Å². The average Bonchev–Trinajstić information content (AvgIpc) is 2.70. The summed E-state index contributed by atoms with van der Waals surface area (Å²) in [7, 11) is 1.67. The van der Waals surface area contributed by atoms with Crippen molar-refractivity contribution in [2.24, 2.45) is 11.8 Å². The smallest absolute Gasteiger partial charge is 0.161 e. The number of nitrogens with zero attached hydrogens (tertiary/aromatic N) is 2. The Morgan fingerprint density at radius 3 is 2.52 bits per heavy atom. The number of pyridine rings is 1. The molecule has 1 aromatic carbocycles. The highest BCUT2D eigenvalue weighted by Gasteiger charge is 2.52. The molecule has 2 fully saturated rings. The number of hydrogen-bond acceptors (Lipinski definition) is 5. The molecule has 0 amide bonds. The van der Waals surface area contributed by atoms with Gasteiger partial charge in [0.2, 0.25) is 0 Å². The summed E-state index contributed by atoms with van der Waals surface area (Å²) in [6, 6.07) is 10.3. The van der Waals surface area contributed by atoms with E-state index in [0.29, 0.717) is 6.61 Å². The van der Waals surface area contributed by atoms with Gasteiger partial charge in [0.05, 0.1) is 19.4 Å². The monoisotopic (exact) mass is 396 g/mol. The molecule has 1 N–H and O–H groups in total. The van der Waals surface area contributed by atoms with Gasteiger partial charge in [0.15, 0.2) is 11.5 Å². The molecule has 2 atom stereocenters. The number of likely N-dealkylation sites (tertiary alicyclic amines) is 1. The molecule has 2 bridgehead atoms. The number of piperidine rings is 1. The van der Waals surface area contributed by atoms with Crippen LogP contribution in [0.2, 0.25) is 0 Å². The minimum atomic E-state index is -0.807. The zero-order chi connectivity index (χ0) is 20.4.